The first-order valence-corrected chi connectivity index (χ1v) is 11.0. The summed E-state index contributed by atoms with van der Waals surface area (Å²) in [7, 11) is 3.92. The van der Waals surface area contributed by atoms with Crippen molar-refractivity contribution in [2.24, 2.45) is 0 Å². The quantitative estimate of drug-likeness (QED) is 0.675. The van der Waals surface area contributed by atoms with Crippen LogP contribution in [-0.2, 0) is 6.42 Å². The highest BCUT2D eigenvalue weighted by molar-refractivity contribution is 7.17. The number of nitrogens with one attached hydrogen (secondary N) is 1. The van der Waals surface area contributed by atoms with Crippen LogP contribution >= 0.6 is 11.3 Å². The van der Waals surface area contributed by atoms with Gasteiger partial charge in [-0.1, -0.05) is 11.3 Å². The van der Waals surface area contributed by atoms with Gasteiger partial charge in [-0.15, -0.1) is 0 Å². The molecule has 160 valence electrons. The van der Waals surface area contributed by atoms with Crippen molar-refractivity contribution in [2.75, 3.05) is 37.0 Å². The van der Waals surface area contributed by atoms with Crippen LogP contribution in [0, 0.1) is 0 Å². The molecule has 0 saturated carbocycles. The normalized spacial score (nSPS) is 16.8. The predicted octanol–water partition coefficient (Wildman–Crippen LogP) is 3.26. The number of rotatable bonds is 3. The van der Waals surface area contributed by atoms with E-state index < -0.39 is 0 Å². The van der Waals surface area contributed by atoms with Gasteiger partial charge in [0.25, 0.3) is 5.91 Å². The molecule has 1 aromatic carbocycles. The van der Waals surface area contributed by atoms with E-state index in [2.05, 4.69) is 20.2 Å². The minimum Gasteiger partial charge on any atom is -0.490 e. The lowest BCUT2D eigenvalue weighted by atomic mass is 9.94. The fourth-order valence-electron chi connectivity index (χ4n) is 3.84. The maximum atomic E-state index is 12.6. The Labute approximate surface area is 184 Å². The molecule has 0 atom stereocenters. The first kappa shape index (κ1) is 19.7. The number of ether oxygens (including phenoxy) is 1. The maximum Gasteiger partial charge on any atom is 0.263 e. The Morgan fingerprint density at radius 1 is 1.23 bits per heavy atom. The third-order valence-corrected chi connectivity index (χ3v) is 6.54. The second-order valence-corrected chi connectivity index (χ2v) is 9.61. The van der Waals surface area contributed by atoms with E-state index >= 15 is 0 Å². The lowest BCUT2D eigenvalue weighted by Gasteiger charge is -2.29. The van der Waals surface area contributed by atoms with Gasteiger partial charge in [-0.25, -0.2) is 15.0 Å². The summed E-state index contributed by atoms with van der Waals surface area (Å²) in [4.78, 5) is 31.2. The Morgan fingerprint density at radius 2 is 2.00 bits per heavy atom. The second kappa shape index (κ2) is 7.19. The molecule has 0 bridgehead atoms. The van der Waals surface area contributed by atoms with E-state index in [0.717, 1.165) is 33.5 Å². The van der Waals surface area contributed by atoms with E-state index in [1.165, 1.54) is 11.3 Å². The molecule has 0 unspecified atom stereocenters. The zero-order valence-corrected chi connectivity index (χ0v) is 18.8. The van der Waals surface area contributed by atoms with E-state index in [1.807, 2.05) is 63.4 Å². The van der Waals surface area contributed by atoms with Gasteiger partial charge in [0.05, 0.1) is 36.0 Å². The highest BCUT2D eigenvalue weighted by atomic mass is 32.1. The molecule has 0 fully saturated rings. The number of anilines is 3. The topological polar surface area (TPSA) is 83.5 Å². The molecule has 2 aliphatic rings. The number of thiazole rings is 1. The summed E-state index contributed by atoms with van der Waals surface area (Å²) < 4.78 is 5.88. The number of hydrogen-bond acceptors (Lipinski definition) is 8. The molecule has 2 aliphatic heterocycles. The standard InChI is InChI=1S/C22H24N6O2S/c1-22(2)10-15-18(20(29)26-22)31-21(25-15)28-7-8-30-17-6-5-13(9-16(17)28)19-23-11-14(12-24-19)27(3)4/h5-6,9,11-12H,7-8,10H2,1-4H3,(H,26,29). The van der Waals surface area contributed by atoms with Crippen LogP contribution in [0.1, 0.15) is 29.2 Å². The lowest BCUT2D eigenvalue weighted by molar-refractivity contribution is 0.0901. The fraction of sp³-hybridized carbons (Fsp3) is 0.364. The molecule has 2 aromatic heterocycles. The van der Waals surface area contributed by atoms with Crippen LogP contribution in [0.15, 0.2) is 30.6 Å². The van der Waals surface area contributed by atoms with Gasteiger partial charge in [-0.2, -0.15) is 0 Å². The summed E-state index contributed by atoms with van der Waals surface area (Å²) in [6.45, 7) is 5.26. The lowest BCUT2D eigenvalue weighted by Crippen LogP contribution is -2.48. The third kappa shape index (κ3) is 3.59. The average Bonchev–Trinajstić information content (AvgIpc) is 3.16. The fourth-order valence-corrected chi connectivity index (χ4v) is 4.85. The van der Waals surface area contributed by atoms with E-state index in [9.17, 15) is 4.79 Å². The number of fused-ring (bicyclic) bond motifs is 2. The van der Waals surface area contributed by atoms with Crippen LogP contribution in [0.3, 0.4) is 0 Å². The van der Waals surface area contributed by atoms with Gasteiger partial charge in [-0.05, 0) is 32.0 Å². The van der Waals surface area contributed by atoms with E-state index in [-0.39, 0.29) is 11.4 Å². The molecule has 0 saturated heterocycles. The highest BCUT2D eigenvalue weighted by Gasteiger charge is 2.34. The van der Waals surface area contributed by atoms with Crippen molar-refractivity contribution in [2.45, 2.75) is 25.8 Å². The van der Waals surface area contributed by atoms with Crippen molar-refractivity contribution in [1.29, 1.82) is 0 Å². The summed E-state index contributed by atoms with van der Waals surface area (Å²) in [5.41, 5.74) is 3.33. The monoisotopic (exact) mass is 436 g/mol. The zero-order valence-electron chi connectivity index (χ0n) is 18.0. The Kier molecular flexibility index (Phi) is 4.58. The van der Waals surface area contributed by atoms with Crippen molar-refractivity contribution in [3.8, 4) is 17.1 Å². The zero-order chi connectivity index (χ0) is 21.8. The molecule has 1 amide bonds. The molecule has 31 heavy (non-hydrogen) atoms. The summed E-state index contributed by atoms with van der Waals surface area (Å²) in [5.74, 6) is 1.39. The Bertz CT molecular complexity index is 1160. The van der Waals surface area contributed by atoms with Gasteiger partial charge in [0.1, 0.15) is 17.2 Å². The third-order valence-electron chi connectivity index (χ3n) is 5.42. The van der Waals surface area contributed by atoms with Crippen LogP contribution < -0.4 is 19.9 Å². The van der Waals surface area contributed by atoms with Crippen LogP contribution in [0.5, 0.6) is 5.75 Å². The number of nitrogens with zero attached hydrogens (tertiary/aromatic N) is 5. The van der Waals surface area contributed by atoms with Crippen molar-refractivity contribution < 1.29 is 9.53 Å². The summed E-state index contributed by atoms with van der Waals surface area (Å²) in [6.07, 6.45) is 4.34. The molecule has 0 spiro atoms. The second-order valence-electron chi connectivity index (χ2n) is 8.63. The van der Waals surface area contributed by atoms with E-state index in [4.69, 9.17) is 9.72 Å². The first-order chi connectivity index (χ1) is 14.8. The van der Waals surface area contributed by atoms with E-state index in [0.29, 0.717) is 30.3 Å². The minimum absolute atomic E-state index is 0.0494. The number of benzene rings is 1. The van der Waals surface area contributed by atoms with E-state index in [1.54, 1.807) is 0 Å². The first-order valence-electron chi connectivity index (χ1n) is 10.2. The van der Waals surface area contributed by atoms with Crippen molar-refractivity contribution >= 4 is 33.8 Å². The summed E-state index contributed by atoms with van der Waals surface area (Å²) in [5, 5.41) is 3.87. The Morgan fingerprint density at radius 3 is 2.74 bits per heavy atom. The van der Waals surface area contributed by atoms with Crippen molar-refractivity contribution in [1.82, 2.24) is 20.3 Å². The number of carbonyl (C=O) groups excluding carboxylic acids is 1. The average molecular weight is 437 g/mol. The SMILES string of the molecule is CN(C)c1cnc(-c2ccc3c(c2)N(c2nc4c(s2)C(=O)NC(C)(C)C4)CCO3)nc1. The van der Waals surface area contributed by atoms with Crippen LogP contribution in [0.4, 0.5) is 16.5 Å². The smallest absolute Gasteiger partial charge is 0.263 e. The number of amides is 1. The maximum absolute atomic E-state index is 12.6. The molecule has 9 heteroatoms. The molecule has 0 aliphatic carbocycles. The molecule has 0 radical (unpaired) electrons. The predicted molar refractivity (Wildman–Crippen MR) is 122 cm³/mol. The minimum atomic E-state index is -0.290. The number of hydrogen-bond donors (Lipinski definition) is 1. The molecule has 5 rings (SSSR count). The van der Waals surface area contributed by atoms with Gasteiger partial charge in [0, 0.05) is 31.6 Å². The molecular formula is C22H24N6O2S. The van der Waals surface area contributed by atoms with Gasteiger partial charge in [-0.3, -0.25) is 4.79 Å². The van der Waals surface area contributed by atoms with Crippen molar-refractivity contribution in [3.05, 3.63) is 41.2 Å². The van der Waals surface area contributed by atoms with Gasteiger partial charge >= 0.3 is 0 Å². The Hall–Kier alpha value is -3.20. The largest absolute Gasteiger partial charge is 0.490 e. The molecule has 8 nitrogen and oxygen atoms in total. The Balaban J connectivity index is 1.52. The number of aromatic nitrogens is 3. The summed E-state index contributed by atoms with van der Waals surface area (Å²) >= 11 is 1.43. The number of carbonyl (C=O) groups is 1. The molecular weight excluding hydrogens is 412 g/mol. The molecule has 4 heterocycles. The van der Waals surface area contributed by atoms with Crippen molar-refractivity contribution in [3.63, 3.8) is 0 Å². The summed E-state index contributed by atoms with van der Waals surface area (Å²) in [6, 6.07) is 5.95. The molecule has 1 N–H and O–H groups in total. The van der Waals surface area contributed by atoms with Crippen LogP contribution in [0.2, 0.25) is 0 Å². The van der Waals surface area contributed by atoms with Gasteiger partial charge in [0.2, 0.25) is 0 Å². The highest BCUT2D eigenvalue weighted by Crippen LogP contribution is 2.42. The molecule has 3 aromatic rings. The van der Waals surface area contributed by atoms with Gasteiger partial charge < -0.3 is 19.9 Å². The van der Waals surface area contributed by atoms with Crippen LogP contribution in [-0.4, -0.2) is 53.6 Å². The van der Waals surface area contributed by atoms with Gasteiger partial charge in [0.15, 0.2) is 11.0 Å². The van der Waals surface area contributed by atoms with Crippen LogP contribution in [0.25, 0.3) is 11.4 Å².